The number of nitrogens with one attached hydrogen (secondary N) is 1. The van der Waals surface area contributed by atoms with Gasteiger partial charge in [-0.15, -0.1) is 22.7 Å². The van der Waals surface area contributed by atoms with E-state index in [-0.39, 0.29) is 6.04 Å². The fourth-order valence-corrected chi connectivity index (χ4v) is 3.29. The molecule has 0 saturated carbocycles. The molecule has 0 amide bonds. The third-order valence-electron chi connectivity index (χ3n) is 2.69. The van der Waals surface area contributed by atoms with Crippen molar-refractivity contribution in [2.75, 3.05) is 5.32 Å². The molecule has 0 aliphatic heterocycles. The van der Waals surface area contributed by atoms with Crippen LogP contribution in [0.1, 0.15) is 17.8 Å². The van der Waals surface area contributed by atoms with E-state index in [4.69, 9.17) is 11.6 Å². The lowest BCUT2D eigenvalue weighted by molar-refractivity contribution is 0.905. The first-order valence-electron chi connectivity index (χ1n) is 5.42. The van der Waals surface area contributed by atoms with Gasteiger partial charge in [0.1, 0.15) is 5.52 Å². The molecule has 6 heteroatoms. The Hall–Kier alpha value is -1.17. The van der Waals surface area contributed by atoms with Gasteiger partial charge in [-0.3, -0.25) is 4.98 Å². The van der Waals surface area contributed by atoms with Crippen LogP contribution in [0, 0.1) is 0 Å². The van der Waals surface area contributed by atoms with Crippen LogP contribution in [0.2, 0.25) is 5.02 Å². The van der Waals surface area contributed by atoms with Crippen LogP contribution >= 0.6 is 34.3 Å². The van der Waals surface area contributed by atoms with Gasteiger partial charge < -0.3 is 5.32 Å². The minimum atomic E-state index is 0.169. The van der Waals surface area contributed by atoms with Gasteiger partial charge in [0.15, 0.2) is 0 Å². The Labute approximate surface area is 117 Å². The molecule has 0 bridgehead atoms. The van der Waals surface area contributed by atoms with Gasteiger partial charge in [0.05, 0.1) is 32.5 Å². The van der Waals surface area contributed by atoms with E-state index in [0.717, 1.165) is 15.9 Å². The van der Waals surface area contributed by atoms with E-state index in [1.807, 2.05) is 29.4 Å². The number of thiazole rings is 2. The van der Waals surface area contributed by atoms with Crippen molar-refractivity contribution in [1.82, 2.24) is 9.97 Å². The van der Waals surface area contributed by atoms with Crippen LogP contribution in [0.25, 0.3) is 10.2 Å². The monoisotopic (exact) mass is 295 g/mol. The number of fused-ring (bicyclic) bond motifs is 1. The summed E-state index contributed by atoms with van der Waals surface area (Å²) in [6, 6.07) is 4.07. The molecule has 2 aromatic heterocycles. The first-order valence-corrected chi connectivity index (χ1v) is 7.56. The number of rotatable bonds is 3. The molecule has 3 rings (SSSR count). The van der Waals surface area contributed by atoms with Crippen LogP contribution < -0.4 is 5.32 Å². The van der Waals surface area contributed by atoms with E-state index in [9.17, 15) is 0 Å². The van der Waals surface area contributed by atoms with Crippen molar-refractivity contribution in [2.45, 2.75) is 13.0 Å². The lowest BCUT2D eigenvalue weighted by Gasteiger charge is -2.15. The van der Waals surface area contributed by atoms with E-state index in [0.29, 0.717) is 5.02 Å². The molecule has 0 aliphatic carbocycles. The Morgan fingerprint density at radius 3 is 2.94 bits per heavy atom. The maximum atomic E-state index is 6.26. The number of hydrogen-bond acceptors (Lipinski definition) is 5. The zero-order valence-corrected chi connectivity index (χ0v) is 11.9. The number of halogens is 1. The summed E-state index contributed by atoms with van der Waals surface area (Å²) in [4.78, 5) is 9.64. The molecular formula is C12H10ClN3S2. The van der Waals surface area contributed by atoms with Gasteiger partial charge in [-0.2, -0.15) is 0 Å². The minimum absolute atomic E-state index is 0.169. The maximum Gasteiger partial charge on any atom is 0.106 e. The van der Waals surface area contributed by atoms with E-state index < -0.39 is 0 Å². The molecule has 3 nitrogen and oxygen atoms in total. The normalized spacial score (nSPS) is 12.8. The standard InChI is InChI=1S/C12H10ClN3S2/c1-7(10-4-14-5-17-10)16-11-8(13)2-3-9-12(11)15-6-18-9/h2-7,16H,1H3. The van der Waals surface area contributed by atoms with Gasteiger partial charge in [0.25, 0.3) is 0 Å². The summed E-state index contributed by atoms with van der Waals surface area (Å²) in [5.74, 6) is 0. The Morgan fingerprint density at radius 2 is 2.17 bits per heavy atom. The van der Waals surface area contributed by atoms with Gasteiger partial charge in [-0.25, -0.2) is 4.98 Å². The number of anilines is 1. The highest BCUT2D eigenvalue weighted by atomic mass is 35.5. The molecular weight excluding hydrogens is 286 g/mol. The van der Waals surface area contributed by atoms with E-state index in [1.165, 1.54) is 4.88 Å². The van der Waals surface area contributed by atoms with Crippen molar-refractivity contribution >= 4 is 50.2 Å². The summed E-state index contributed by atoms with van der Waals surface area (Å²) >= 11 is 9.50. The minimum Gasteiger partial charge on any atom is -0.375 e. The predicted molar refractivity (Wildman–Crippen MR) is 78.8 cm³/mol. The van der Waals surface area contributed by atoms with Gasteiger partial charge in [-0.1, -0.05) is 11.6 Å². The molecule has 0 spiro atoms. The molecule has 0 saturated heterocycles. The first kappa shape index (κ1) is 11.9. The molecule has 1 N–H and O–H groups in total. The van der Waals surface area contributed by atoms with Crippen LogP contribution in [0.3, 0.4) is 0 Å². The Bertz CT molecular complexity index is 663. The average Bonchev–Trinajstić information content (AvgIpc) is 3.02. The number of aromatic nitrogens is 2. The number of hydrogen-bond donors (Lipinski definition) is 1. The van der Waals surface area contributed by atoms with E-state index in [2.05, 4.69) is 22.2 Å². The summed E-state index contributed by atoms with van der Waals surface area (Å²) in [6.07, 6.45) is 1.87. The molecule has 92 valence electrons. The summed E-state index contributed by atoms with van der Waals surface area (Å²) in [7, 11) is 0. The molecule has 0 aliphatic rings. The van der Waals surface area contributed by atoms with Crippen molar-refractivity contribution in [3.63, 3.8) is 0 Å². The average molecular weight is 296 g/mol. The number of benzene rings is 1. The third-order valence-corrected chi connectivity index (χ3v) is 4.76. The fourth-order valence-electron chi connectivity index (χ4n) is 1.77. The lowest BCUT2D eigenvalue weighted by atomic mass is 10.2. The van der Waals surface area contributed by atoms with Gasteiger partial charge in [0, 0.05) is 11.1 Å². The van der Waals surface area contributed by atoms with Crippen molar-refractivity contribution < 1.29 is 0 Å². The quantitative estimate of drug-likeness (QED) is 0.768. The molecule has 2 heterocycles. The van der Waals surface area contributed by atoms with Crippen molar-refractivity contribution in [3.05, 3.63) is 39.3 Å². The van der Waals surface area contributed by atoms with Crippen molar-refractivity contribution in [2.24, 2.45) is 0 Å². The molecule has 0 fully saturated rings. The lowest BCUT2D eigenvalue weighted by Crippen LogP contribution is -2.05. The number of nitrogens with zero attached hydrogens (tertiary/aromatic N) is 2. The molecule has 3 aromatic rings. The first-order chi connectivity index (χ1) is 8.75. The summed E-state index contributed by atoms with van der Waals surface area (Å²) in [6.45, 7) is 2.09. The zero-order valence-electron chi connectivity index (χ0n) is 9.55. The maximum absolute atomic E-state index is 6.26. The SMILES string of the molecule is CC(Nc1c(Cl)ccc2scnc12)c1cncs1. The zero-order chi connectivity index (χ0) is 12.5. The Kier molecular flexibility index (Phi) is 3.20. The molecule has 1 unspecified atom stereocenters. The van der Waals surface area contributed by atoms with E-state index in [1.54, 1.807) is 22.7 Å². The van der Waals surface area contributed by atoms with Crippen LogP contribution in [0.15, 0.2) is 29.4 Å². The van der Waals surface area contributed by atoms with Crippen LogP contribution in [-0.2, 0) is 0 Å². The Morgan fingerprint density at radius 1 is 1.28 bits per heavy atom. The van der Waals surface area contributed by atoms with E-state index >= 15 is 0 Å². The fraction of sp³-hybridized carbons (Fsp3) is 0.167. The van der Waals surface area contributed by atoms with Crippen molar-refractivity contribution in [3.8, 4) is 0 Å². The molecule has 0 radical (unpaired) electrons. The largest absolute Gasteiger partial charge is 0.375 e. The molecule has 1 aromatic carbocycles. The molecule has 1 atom stereocenters. The highest BCUT2D eigenvalue weighted by molar-refractivity contribution is 7.16. The summed E-state index contributed by atoms with van der Waals surface area (Å²) < 4.78 is 1.14. The van der Waals surface area contributed by atoms with Crippen LogP contribution in [0.5, 0.6) is 0 Å². The topological polar surface area (TPSA) is 37.8 Å². The van der Waals surface area contributed by atoms with Crippen molar-refractivity contribution in [1.29, 1.82) is 0 Å². The summed E-state index contributed by atoms with van der Waals surface area (Å²) in [5.41, 5.74) is 5.50. The second-order valence-corrected chi connectivity index (χ2v) is 6.10. The van der Waals surface area contributed by atoms with Crippen LogP contribution in [-0.4, -0.2) is 9.97 Å². The predicted octanol–water partition coefficient (Wildman–Crippen LogP) is 4.58. The second kappa shape index (κ2) is 4.84. The van der Waals surface area contributed by atoms with Gasteiger partial charge in [-0.05, 0) is 19.1 Å². The highest BCUT2D eigenvalue weighted by Gasteiger charge is 2.13. The summed E-state index contributed by atoms with van der Waals surface area (Å²) in [5, 5.41) is 4.12. The van der Waals surface area contributed by atoms with Gasteiger partial charge in [0.2, 0.25) is 0 Å². The highest BCUT2D eigenvalue weighted by Crippen LogP contribution is 2.34. The van der Waals surface area contributed by atoms with Gasteiger partial charge >= 0.3 is 0 Å². The van der Waals surface area contributed by atoms with Crippen LogP contribution in [0.4, 0.5) is 5.69 Å². The molecule has 18 heavy (non-hydrogen) atoms. The second-order valence-electron chi connectivity index (χ2n) is 3.89. The third kappa shape index (κ3) is 2.09. The Balaban J connectivity index is 1.99. The smallest absolute Gasteiger partial charge is 0.106 e.